The van der Waals surface area contributed by atoms with E-state index >= 15 is 0 Å². The highest BCUT2D eigenvalue weighted by atomic mass is 35.5. The molecule has 0 fully saturated rings. The molecule has 1 aliphatic heterocycles. The van der Waals surface area contributed by atoms with Crippen molar-refractivity contribution in [3.8, 4) is 28.5 Å². The van der Waals surface area contributed by atoms with Crippen LogP contribution in [0.2, 0.25) is 5.02 Å². The Morgan fingerprint density at radius 3 is 2.85 bits per heavy atom. The first kappa shape index (κ1) is 16.3. The van der Waals surface area contributed by atoms with E-state index in [0.29, 0.717) is 23.2 Å². The predicted molar refractivity (Wildman–Crippen MR) is 101 cm³/mol. The van der Waals surface area contributed by atoms with Gasteiger partial charge in [0.25, 0.3) is 0 Å². The number of aromatic nitrogens is 6. The number of aryl methyl sites for hydroxylation is 1. The van der Waals surface area contributed by atoms with Gasteiger partial charge in [-0.2, -0.15) is 10.1 Å². The summed E-state index contributed by atoms with van der Waals surface area (Å²) in [4.78, 5) is 9.13. The summed E-state index contributed by atoms with van der Waals surface area (Å²) in [6, 6.07) is 5.82. The fourth-order valence-electron chi connectivity index (χ4n) is 3.49. The van der Waals surface area contributed by atoms with Crippen LogP contribution in [0, 0.1) is 0 Å². The van der Waals surface area contributed by atoms with Crippen LogP contribution >= 0.6 is 11.6 Å². The third-order valence-electron chi connectivity index (χ3n) is 4.75. The van der Waals surface area contributed by atoms with E-state index in [1.165, 1.54) is 0 Å². The van der Waals surface area contributed by atoms with Crippen LogP contribution in [0.5, 0.6) is 0 Å². The molecule has 0 aliphatic carbocycles. The van der Waals surface area contributed by atoms with Crippen molar-refractivity contribution in [2.75, 3.05) is 0 Å². The van der Waals surface area contributed by atoms with Crippen molar-refractivity contribution in [3.05, 3.63) is 52.9 Å². The highest BCUT2D eigenvalue weighted by molar-refractivity contribution is 6.31. The van der Waals surface area contributed by atoms with Crippen LogP contribution < -0.4 is 0 Å². The Bertz CT molecular complexity index is 1170. The Hall–Kier alpha value is -2.93. The SMILES string of the molecule is CC(C)c1nc(-c2ncn3c2Cc2cn(C)nc2-c2cc(Cl)ccc2-3)no1. The van der Waals surface area contributed by atoms with Crippen molar-refractivity contribution in [2.45, 2.75) is 26.2 Å². The molecule has 136 valence electrons. The van der Waals surface area contributed by atoms with Gasteiger partial charge in [-0.25, -0.2) is 4.98 Å². The number of nitrogens with zero attached hydrogens (tertiary/aromatic N) is 6. The van der Waals surface area contributed by atoms with Crippen LogP contribution in [0.1, 0.15) is 36.9 Å². The molecule has 0 bridgehead atoms. The Morgan fingerprint density at radius 1 is 1.22 bits per heavy atom. The number of fused-ring (bicyclic) bond motifs is 5. The van der Waals surface area contributed by atoms with Gasteiger partial charge in [0.2, 0.25) is 11.7 Å². The minimum absolute atomic E-state index is 0.167. The predicted octanol–water partition coefficient (Wildman–Crippen LogP) is 4.00. The number of imidazole rings is 1. The lowest BCUT2D eigenvalue weighted by Gasteiger charge is -2.09. The Balaban J connectivity index is 1.75. The largest absolute Gasteiger partial charge is 0.339 e. The highest BCUT2D eigenvalue weighted by Crippen LogP contribution is 2.38. The maximum absolute atomic E-state index is 6.27. The Labute approximate surface area is 160 Å². The van der Waals surface area contributed by atoms with Gasteiger partial charge in [-0.3, -0.25) is 4.68 Å². The van der Waals surface area contributed by atoms with Crippen molar-refractivity contribution < 1.29 is 4.52 Å². The second-order valence-electron chi connectivity index (χ2n) is 7.04. The van der Waals surface area contributed by atoms with Gasteiger partial charge in [0.05, 0.1) is 17.1 Å². The van der Waals surface area contributed by atoms with Gasteiger partial charge < -0.3 is 9.09 Å². The molecule has 0 atom stereocenters. The summed E-state index contributed by atoms with van der Waals surface area (Å²) in [5.41, 5.74) is 5.73. The van der Waals surface area contributed by atoms with E-state index in [-0.39, 0.29) is 5.92 Å². The monoisotopic (exact) mass is 380 g/mol. The molecule has 5 rings (SSSR count). The standard InChI is InChI=1S/C19H17ClN6O/c1-10(2)19-22-18(24-27-19)17-15-6-11-8-25(3)23-16(11)13-7-12(20)4-5-14(13)26(15)9-21-17/h4-5,7-10H,6H2,1-3H3. The molecule has 0 unspecified atom stereocenters. The minimum atomic E-state index is 0.167. The quantitative estimate of drug-likeness (QED) is 0.462. The molecule has 0 radical (unpaired) electrons. The van der Waals surface area contributed by atoms with Gasteiger partial charge >= 0.3 is 0 Å². The number of rotatable bonds is 2. The summed E-state index contributed by atoms with van der Waals surface area (Å²) in [5.74, 6) is 1.28. The zero-order chi connectivity index (χ0) is 18.7. The summed E-state index contributed by atoms with van der Waals surface area (Å²) in [5, 5.41) is 9.48. The van der Waals surface area contributed by atoms with Gasteiger partial charge in [-0.15, -0.1) is 0 Å². The average Bonchev–Trinajstić information content (AvgIpc) is 3.32. The molecule has 0 saturated carbocycles. The van der Waals surface area contributed by atoms with E-state index in [1.54, 1.807) is 6.33 Å². The van der Waals surface area contributed by atoms with Gasteiger partial charge in [-0.05, 0) is 18.2 Å². The van der Waals surface area contributed by atoms with Crippen molar-refractivity contribution >= 4 is 11.6 Å². The Morgan fingerprint density at radius 2 is 2.07 bits per heavy atom. The van der Waals surface area contributed by atoms with Crippen LogP contribution in [0.15, 0.2) is 35.2 Å². The van der Waals surface area contributed by atoms with Crippen LogP contribution in [0.4, 0.5) is 0 Å². The van der Waals surface area contributed by atoms with Gasteiger partial charge in [0.15, 0.2) is 0 Å². The van der Waals surface area contributed by atoms with Crippen LogP contribution in [-0.2, 0) is 13.5 Å². The number of hydrogen-bond acceptors (Lipinski definition) is 5. The number of benzene rings is 1. The second-order valence-corrected chi connectivity index (χ2v) is 7.47. The molecule has 3 aromatic heterocycles. The molecule has 4 heterocycles. The third kappa shape index (κ3) is 2.49. The third-order valence-corrected chi connectivity index (χ3v) is 4.98. The van der Waals surface area contributed by atoms with Gasteiger partial charge in [0, 0.05) is 41.7 Å². The smallest absolute Gasteiger partial charge is 0.229 e. The van der Waals surface area contributed by atoms with Crippen molar-refractivity contribution in [2.24, 2.45) is 7.05 Å². The molecule has 0 amide bonds. The summed E-state index contributed by atoms with van der Waals surface area (Å²) < 4.78 is 9.28. The minimum Gasteiger partial charge on any atom is -0.339 e. The molecular weight excluding hydrogens is 364 g/mol. The highest BCUT2D eigenvalue weighted by Gasteiger charge is 2.27. The number of halogens is 1. The second kappa shape index (κ2) is 5.79. The average molecular weight is 381 g/mol. The molecule has 0 spiro atoms. The van der Waals surface area contributed by atoms with Crippen LogP contribution in [-0.4, -0.2) is 29.5 Å². The summed E-state index contributed by atoms with van der Waals surface area (Å²) in [6.07, 6.45) is 4.49. The maximum atomic E-state index is 6.27. The molecule has 7 nitrogen and oxygen atoms in total. The molecule has 27 heavy (non-hydrogen) atoms. The molecule has 1 aliphatic rings. The van der Waals surface area contributed by atoms with Crippen molar-refractivity contribution in [1.82, 2.24) is 29.5 Å². The van der Waals surface area contributed by atoms with E-state index in [4.69, 9.17) is 16.1 Å². The fourth-order valence-corrected chi connectivity index (χ4v) is 3.66. The number of hydrogen-bond donors (Lipinski definition) is 0. The van der Waals surface area contributed by atoms with Crippen molar-refractivity contribution in [1.29, 1.82) is 0 Å². The molecule has 0 saturated heterocycles. The maximum Gasteiger partial charge on any atom is 0.229 e. The fraction of sp³-hybridized carbons (Fsp3) is 0.263. The van der Waals surface area contributed by atoms with E-state index in [9.17, 15) is 0 Å². The first-order valence-electron chi connectivity index (χ1n) is 8.74. The van der Waals surface area contributed by atoms with Crippen LogP contribution in [0.25, 0.3) is 28.5 Å². The molecule has 0 N–H and O–H groups in total. The lowest BCUT2D eigenvalue weighted by molar-refractivity contribution is 0.365. The van der Waals surface area contributed by atoms with Gasteiger partial charge in [-0.1, -0.05) is 30.6 Å². The molecule has 8 heteroatoms. The van der Waals surface area contributed by atoms with E-state index in [0.717, 1.165) is 33.9 Å². The molecular formula is C19H17ClN6O. The zero-order valence-electron chi connectivity index (χ0n) is 15.1. The Kier molecular flexibility index (Phi) is 3.48. The topological polar surface area (TPSA) is 74.6 Å². The summed E-state index contributed by atoms with van der Waals surface area (Å²) in [6.45, 7) is 4.04. The summed E-state index contributed by atoms with van der Waals surface area (Å²) in [7, 11) is 1.92. The first-order valence-corrected chi connectivity index (χ1v) is 9.12. The lowest BCUT2D eigenvalue weighted by atomic mass is 10.0. The van der Waals surface area contributed by atoms with E-state index in [2.05, 4.69) is 24.8 Å². The lowest BCUT2D eigenvalue weighted by Crippen LogP contribution is -2.00. The summed E-state index contributed by atoms with van der Waals surface area (Å²) >= 11 is 6.27. The van der Waals surface area contributed by atoms with Gasteiger partial charge in [0.1, 0.15) is 12.0 Å². The van der Waals surface area contributed by atoms with Crippen LogP contribution in [0.3, 0.4) is 0 Å². The molecule has 1 aromatic carbocycles. The zero-order valence-corrected chi connectivity index (χ0v) is 15.9. The molecule has 4 aromatic rings. The normalized spacial score (nSPS) is 12.6. The first-order chi connectivity index (χ1) is 13.0. The van der Waals surface area contributed by atoms with Crippen molar-refractivity contribution in [3.63, 3.8) is 0 Å². The van der Waals surface area contributed by atoms with E-state index < -0.39 is 0 Å². The van der Waals surface area contributed by atoms with E-state index in [1.807, 2.05) is 50.0 Å².